The molecule has 0 aliphatic heterocycles. The number of hydrogen-bond acceptors (Lipinski definition) is 6. The minimum atomic E-state index is 0.478. The van der Waals surface area contributed by atoms with Crippen molar-refractivity contribution in [3.63, 3.8) is 0 Å². The second-order valence-corrected chi connectivity index (χ2v) is 3.73. The molecule has 0 saturated heterocycles. The van der Waals surface area contributed by atoms with Crippen LogP contribution in [-0.2, 0) is 0 Å². The standard InChI is InChI=1S/C12H6N4O2/c1-2-9-12(18-6-15-9)16-7(1)10-11-8(3-4-13-10)14-5-17-11/h1-6H. The molecule has 0 fully saturated rings. The van der Waals surface area contributed by atoms with E-state index in [1.807, 2.05) is 12.1 Å². The third-order valence-corrected chi connectivity index (χ3v) is 2.69. The van der Waals surface area contributed by atoms with Crippen molar-refractivity contribution < 1.29 is 8.83 Å². The third-order valence-electron chi connectivity index (χ3n) is 2.69. The molecular formula is C12H6N4O2. The van der Waals surface area contributed by atoms with E-state index < -0.39 is 0 Å². The second-order valence-electron chi connectivity index (χ2n) is 3.73. The lowest BCUT2D eigenvalue weighted by Crippen LogP contribution is -1.88. The first-order chi connectivity index (χ1) is 8.92. The number of nitrogens with zero attached hydrogens (tertiary/aromatic N) is 4. The molecule has 0 radical (unpaired) electrons. The highest BCUT2D eigenvalue weighted by molar-refractivity contribution is 5.87. The van der Waals surface area contributed by atoms with Crippen LogP contribution in [0.3, 0.4) is 0 Å². The van der Waals surface area contributed by atoms with E-state index in [4.69, 9.17) is 8.83 Å². The van der Waals surface area contributed by atoms with E-state index in [2.05, 4.69) is 19.9 Å². The summed E-state index contributed by atoms with van der Waals surface area (Å²) in [7, 11) is 0. The molecule has 6 heteroatoms. The summed E-state index contributed by atoms with van der Waals surface area (Å²) in [5, 5.41) is 0. The SMILES string of the molecule is c1cc2ncoc2c(-c2ccc3ncoc3n2)n1. The summed E-state index contributed by atoms with van der Waals surface area (Å²) in [6.07, 6.45) is 4.43. The van der Waals surface area contributed by atoms with Gasteiger partial charge in [0.1, 0.15) is 16.7 Å². The zero-order chi connectivity index (χ0) is 11.9. The zero-order valence-corrected chi connectivity index (χ0v) is 9.07. The van der Waals surface area contributed by atoms with Gasteiger partial charge in [-0.25, -0.2) is 15.0 Å². The average Bonchev–Trinajstić information content (AvgIpc) is 3.05. The summed E-state index contributed by atoms with van der Waals surface area (Å²) in [4.78, 5) is 16.7. The zero-order valence-electron chi connectivity index (χ0n) is 9.07. The third kappa shape index (κ3) is 1.22. The van der Waals surface area contributed by atoms with Gasteiger partial charge in [0.05, 0.1) is 5.69 Å². The summed E-state index contributed by atoms with van der Waals surface area (Å²) in [6.45, 7) is 0. The molecule has 4 rings (SSSR count). The minimum absolute atomic E-state index is 0.478. The minimum Gasteiger partial charge on any atom is -0.441 e. The molecule has 0 aliphatic carbocycles. The van der Waals surface area contributed by atoms with Gasteiger partial charge in [0.25, 0.3) is 0 Å². The molecule has 0 amide bonds. The van der Waals surface area contributed by atoms with Crippen molar-refractivity contribution in [3.05, 3.63) is 37.2 Å². The van der Waals surface area contributed by atoms with E-state index in [-0.39, 0.29) is 0 Å². The smallest absolute Gasteiger partial charge is 0.247 e. The lowest BCUT2D eigenvalue weighted by Gasteiger charge is -1.99. The van der Waals surface area contributed by atoms with Crippen LogP contribution in [0.15, 0.2) is 46.0 Å². The Kier molecular flexibility index (Phi) is 1.74. The number of pyridine rings is 2. The van der Waals surface area contributed by atoms with Gasteiger partial charge in [0, 0.05) is 6.20 Å². The molecule has 0 saturated carbocycles. The number of aromatic nitrogens is 4. The van der Waals surface area contributed by atoms with Gasteiger partial charge in [-0.1, -0.05) is 0 Å². The van der Waals surface area contributed by atoms with Crippen LogP contribution in [-0.4, -0.2) is 19.9 Å². The van der Waals surface area contributed by atoms with Gasteiger partial charge in [-0.05, 0) is 18.2 Å². The molecule has 0 aromatic carbocycles. The molecule has 0 spiro atoms. The van der Waals surface area contributed by atoms with Crippen LogP contribution in [0.5, 0.6) is 0 Å². The summed E-state index contributed by atoms with van der Waals surface area (Å²) >= 11 is 0. The van der Waals surface area contributed by atoms with Crippen LogP contribution in [0.2, 0.25) is 0 Å². The number of rotatable bonds is 1. The molecule has 0 bridgehead atoms. The Morgan fingerprint density at radius 1 is 0.833 bits per heavy atom. The van der Waals surface area contributed by atoms with Crippen molar-refractivity contribution in [1.82, 2.24) is 19.9 Å². The summed E-state index contributed by atoms with van der Waals surface area (Å²) in [5.41, 5.74) is 3.86. The molecular weight excluding hydrogens is 232 g/mol. The van der Waals surface area contributed by atoms with Gasteiger partial charge in [-0.3, -0.25) is 4.98 Å². The highest BCUT2D eigenvalue weighted by Gasteiger charge is 2.12. The van der Waals surface area contributed by atoms with Crippen LogP contribution >= 0.6 is 0 Å². The molecule has 0 unspecified atom stereocenters. The monoisotopic (exact) mass is 238 g/mol. The Hall–Kier alpha value is -2.76. The largest absolute Gasteiger partial charge is 0.441 e. The van der Waals surface area contributed by atoms with E-state index >= 15 is 0 Å². The van der Waals surface area contributed by atoms with Crippen molar-refractivity contribution in [3.8, 4) is 11.4 Å². The first-order valence-electron chi connectivity index (χ1n) is 5.30. The molecule has 18 heavy (non-hydrogen) atoms. The fourth-order valence-electron chi connectivity index (χ4n) is 1.86. The molecule has 4 heterocycles. The van der Waals surface area contributed by atoms with Crippen molar-refractivity contribution in [2.45, 2.75) is 0 Å². The predicted molar refractivity (Wildman–Crippen MR) is 62.6 cm³/mol. The van der Waals surface area contributed by atoms with Crippen LogP contribution in [0.4, 0.5) is 0 Å². The average molecular weight is 238 g/mol. The summed E-state index contributed by atoms with van der Waals surface area (Å²) < 4.78 is 10.5. The maximum absolute atomic E-state index is 5.34. The van der Waals surface area contributed by atoms with Gasteiger partial charge < -0.3 is 8.83 Å². The van der Waals surface area contributed by atoms with Crippen molar-refractivity contribution in [2.24, 2.45) is 0 Å². The van der Waals surface area contributed by atoms with Crippen LogP contribution in [0.1, 0.15) is 0 Å². The van der Waals surface area contributed by atoms with Crippen molar-refractivity contribution in [1.29, 1.82) is 0 Å². The lowest BCUT2D eigenvalue weighted by atomic mass is 10.2. The first kappa shape index (κ1) is 9.29. The van der Waals surface area contributed by atoms with Gasteiger partial charge in [0.15, 0.2) is 18.4 Å². The first-order valence-corrected chi connectivity index (χ1v) is 5.30. The molecule has 4 aromatic rings. The fraction of sp³-hybridized carbons (Fsp3) is 0. The van der Waals surface area contributed by atoms with Crippen LogP contribution in [0, 0.1) is 0 Å². The van der Waals surface area contributed by atoms with E-state index in [1.165, 1.54) is 12.8 Å². The Morgan fingerprint density at radius 2 is 1.72 bits per heavy atom. The molecule has 86 valence electrons. The predicted octanol–water partition coefficient (Wildman–Crippen LogP) is 2.43. The van der Waals surface area contributed by atoms with Crippen LogP contribution < -0.4 is 0 Å². The number of oxazole rings is 2. The molecule has 0 N–H and O–H groups in total. The summed E-state index contributed by atoms with van der Waals surface area (Å²) in [6, 6.07) is 5.45. The molecule has 0 aliphatic rings. The Bertz CT molecular complexity index is 849. The second kappa shape index (κ2) is 3.36. The van der Waals surface area contributed by atoms with E-state index in [0.717, 1.165) is 5.52 Å². The maximum atomic E-state index is 5.34. The molecule has 6 nitrogen and oxygen atoms in total. The normalized spacial score (nSPS) is 11.3. The van der Waals surface area contributed by atoms with Gasteiger partial charge in [-0.15, -0.1) is 0 Å². The lowest BCUT2D eigenvalue weighted by molar-refractivity contribution is 0.590. The maximum Gasteiger partial charge on any atom is 0.247 e. The van der Waals surface area contributed by atoms with Crippen molar-refractivity contribution >= 4 is 22.3 Å². The fourth-order valence-corrected chi connectivity index (χ4v) is 1.86. The molecule has 4 aromatic heterocycles. The number of fused-ring (bicyclic) bond motifs is 2. The quantitative estimate of drug-likeness (QED) is 0.506. The van der Waals surface area contributed by atoms with Crippen molar-refractivity contribution in [2.75, 3.05) is 0 Å². The van der Waals surface area contributed by atoms with Crippen LogP contribution in [0.25, 0.3) is 33.7 Å². The van der Waals surface area contributed by atoms with E-state index in [1.54, 1.807) is 12.3 Å². The van der Waals surface area contributed by atoms with Gasteiger partial charge in [0.2, 0.25) is 5.71 Å². The van der Waals surface area contributed by atoms with E-state index in [9.17, 15) is 0 Å². The highest BCUT2D eigenvalue weighted by Crippen LogP contribution is 2.25. The highest BCUT2D eigenvalue weighted by atomic mass is 16.3. The Balaban J connectivity index is 2.03. The Labute approximate surface area is 100 Å². The van der Waals surface area contributed by atoms with Gasteiger partial charge in [-0.2, -0.15) is 0 Å². The van der Waals surface area contributed by atoms with Gasteiger partial charge >= 0.3 is 0 Å². The summed E-state index contributed by atoms with van der Waals surface area (Å²) in [5.74, 6) is 0. The van der Waals surface area contributed by atoms with E-state index in [0.29, 0.717) is 28.2 Å². The Morgan fingerprint density at radius 3 is 2.72 bits per heavy atom. The topological polar surface area (TPSA) is 77.8 Å². The molecule has 0 atom stereocenters. The number of hydrogen-bond donors (Lipinski definition) is 0.